The van der Waals surface area contributed by atoms with Gasteiger partial charge >= 0.3 is 0 Å². The van der Waals surface area contributed by atoms with Crippen molar-refractivity contribution in [3.05, 3.63) is 98.1 Å². The molecule has 1 amide bonds. The maximum absolute atomic E-state index is 13.0. The highest BCUT2D eigenvalue weighted by atomic mass is 16.5. The molecular formula is C28H32N2O4. The van der Waals surface area contributed by atoms with Gasteiger partial charge in [0, 0.05) is 37.8 Å². The van der Waals surface area contributed by atoms with Crippen LogP contribution in [0.15, 0.2) is 57.9 Å². The third kappa shape index (κ3) is 5.57. The lowest BCUT2D eigenvalue weighted by Crippen LogP contribution is -2.48. The molecule has 6 nitrogen and oxygen atoms in total. The van der Waals surface area contributed by atoms with Gasteiger partial charge in [0.1, 0.15) is 18.6 Å². The predicted octanol–water partition coefficient (Wildman–Crippen LogP) is 4.41. The SMILES string of the molecule is Cc1cc(C)cc(COc2coc(CN3CCN(C(=O)c4cccc(C)c4C)CC3)cc2=O)c1. The van der Waals surface area contributed by atoms with E-state index in [1.165, 1.54) is 12.3 Å². The van der Waals surface area contributed by atoms with Crippen molar-refractivity contribution in [1.29, 1.82) is 0 Å². The molecule has 1 aliphatic heterocycles. The molecular weight excluding hydrogens is 428 g/mol. The quantitative estimate of drug-likeness (QED) is 0.545. The Kier molecular flexibility index (Phi) is 7.17. The van der Waals surface area contributed by atoms with Crippen molar-refractivity contribution < 1.29 is 13.9 Å². The number of amides is 1. The molecule has 1 saturated heterocycles. The van der Waals surface area contributed by atoms with E-state index in [1.807, 2.05) is 62.9 Å². The predicted molar refractivity (Wildman–Crippen MR) is 132 cm³/mol. The summed E-state index contributed by atoms with van der Waals surface area (Å²) in [5, 5.41) is 0. The van der Waals surface area contributed by atoms with Crippen LogP contribution in [0.3, 0.4) is 0 Å². The van der Waals surface area contributed by atoms with Crippen molar-refractivity contribution in [3.8, 4) is 5.75 Å². The number of rotatable bonds is 6. The summed E-state index contributed by atoms with van der Waals surface area (Å²) in [6.45, 7) is 11.7. The van der Waals surface area contributed by atoms with Gasteiger partial charge in [-0.1, -0.05) is 41.5 Å². The van der Waals surface area contributed by atoms with Crippen LogP contribution in [0, 0.1) is 27.7 Å². The molecule has 0 spiro atoms. The van der Waals surface area contributed by atoms with Crippen LogP contribution in [0.2, 0.25) is 0 Å². The van der Waals surface area contributed by atoms with Crippen LogP contribution in [0.4, 0.5) is 0 Å². The van der Waals surface area contributed by atoms with E-state index in [9.17, 15) is 9.59 Å². The first-order valence-corrected chi connectivity index (χ1v) is 11.7. The number of nitrogens with zero attached hydrogens (tertiary/aromatic N) is 2. The summed E-state index contributed by atoms with van der Waals surface area (Å²) in [6, 6.07) is 13.6. The molecule has 0 bridgehead atoms. The Labute approximate surface area is 200 Å². The van der Waals surface area contributed by atoms with E-state index < -0.39 is 0 Å². The van der Waals surface area contributed by atoms with Gasteiger partial charge in [-0.3, -0.25) is 14.5 Å². The number of benzene rings is 2. The van der Waals surface area contributed by atoms with Crippen LogP contribution in [0.25, 0.3) is 0 Å². The number of ether oxygens (including phenoxy) is 1. The minimum atomic E-state index is -0.186. The fourth-order valence-corrected chi connectivity index (χ4v) is 4.42. The second-order valence-electron chi connectivity index (χ2n) is 9.18. The largest absolute Gasteiger partial charge is 0.482 e. The van der Waals surface area contributed by atoms with Crippen molar-refractivity contribution in [1.82, 2.24) is 9.80 Å². The van der Waals surface area contributed by atoms with Gasteiger partial charge in [-0.05, 0) is 50.5 Å². The first-order valence-electron chi connectivity index (χ1n) is 11.7. The van der Waals surface area contributed by atoms with Gasteiger partial charge in [0.2, 0.25) is 11.2 Å². The zero-order valence-electron chi connectivity index (χ0n) is 20.4. The Morgan fingerprint density at radius 2 is 1.68 bits per heavy atom. The molecule has 3 aromatic rings. The summed E-state index contributed by atoms with van der Waals surface area (Å²) in [5.41, 5.74) is 6.10. The maximum Gasteiger partial charge on any atom is 0.254 e. The minimum Gasteiger partial charge on any atom is -0.482 e. The molecule has 1 fully saturated rings. The van der Waals surface area contributed by atoms with Crippen molar-refractivity contribution in [3.63, 3.8) is 0 Å². The van der Waals surface area contributed by atoms with E-state index in [1.54, 1.807) is 0 Å². The van der Waals surface area contributed by atoms with Crippen LogP contribution in [0.1, 0.15) is 43.9 Å². The Hall–Kier alpha value is -3.38. The Morgan fingerprint density at radius 3 is 2.35 bits per heavy atom. The molecule has 0 saturated carbocycles. The number of aryl methyl sites for hydroxylation is 3. The molecule has 1 aliphatic rings. The number of hydrogen-bond acceptors (Lipinski definition) is 5. The lowest BCUT2D eigenvalue weighted by Gasteiger charge is -2.34. The lowest BCUT2D eigenvalue weighted by molar-refractivity contribution is 0.0618. The second-order valence-corrected chi connectivity index (χ2v) is 9.18. The van der Waals surface area contributed by atoms with E-state index in [0.717, 1.165) is 46.5 Å². The standard InChI is InChI=1S/C28H32N2O4/c1-19-12-20(2)14-23(13-19)17-34-27-18-33-24(15-26(27)31)16-29-8-10-30(11-9-29)28(32)25-7-5-6-21(3)22(25)4/h5-7,12-15,18H,8-11,16-17H2,1-4H3. The van der Waals surface area contributed by atoms with E-state index in [2.05, 4.69) is 11.0 Å². The molecule has 0 aliphatic carbocycles. The molecule has 34 heavy (non-hydrogen) atoms. The van der Waals surface area contributed by atoms with Gasteiger partial charge in [0.25, 0.3) is 5.91 Å². The average Bonchev–Trinajstić information content (AvgIpc) is 2.80. The first kappa shape index (κ1) is 23.8. The summed E-state index contributed by atoms with van der Waals surface area (Å²) in [7, 11) is 0. The van der Waals surface area contributed by atoms with Gasteiger partial charge in [0.15, 0.2) is 0 Å². The van der Waals surface area contributed by atoms with Gasteiger partial charge in [-0.25, -0.2) is 0 Å². The fourth-order valence-electron chi connectivity index (χ4n) is 4.42. The summed E-state index contributed by atoms with van der Waals surface area (Å²) in [5.74, 6) is 0.891. The zero-order chi connectivity index (χ0) is 24.2. The van der Waals surface area contributed by atoms with E-state index in [4.69, 9.17) is 9.15 Å². The van der Waals surface area contributed by atoms with Crippen LogP contribution < -0.4 is 10.2 Å². The van der Waals surface area contributed by atoms with Crippen molar-refractivity contribution in [2.24, 2.45) is 0 Å². The third-order valence-corrected chi connectivity index (χ3v) is 6.40. The molecule has 0 N–H and O–H groups in total. The maximum atomic E-state index is 13.0. The van der Waals surface area contributed by atoms with Crippen LogP contribution in [-0.2, 0) is 13.2 Å². The highest BCUT2D eigenvalue weighted by Crippen LogP contribution is 2.18. The fraction of sp³-hybridized carbons (Fsp3) is 0.357. The first-order chi connectivity index (χ1) is 16.3. The summed E-state index contributed by atoms with van der Waals surface area (Å²) in [6.07, 6.45) is 1.40. The van der Waals surface area contributed by atoms with Gasteiger partial charge in [-0.15, -0.1) is 0 Å². The van der Waals surface area contributed by atoms with Crippen molar-refractivity contribution in [2.75, 3.05) is 26.2 Å². The number of hydrogen-bond donors (Lipinski definition) is 0. The molecule has 6 heteroatoms. The average molecular weight is 461 g/mol. The smallest absolute Gasteiger partial charge is 0.254 e. The molecule has 4 rings (SSSR count). The highest BCUT2D eigenvalue weighted by Gasteiger charge is 2.24. The Morgan fingerprint density at radius 1 is 0.971 bits per heavy atom. The van der Waals surface area contributed by atoms with Crippen LogP contribution in [0.5, 0.6) is 5.75 Å². The summed E-state index contributed by atoms with van der Waals surface area (Å²) in [4.78, 5) is 29.6. The van der Waals surface area contributed by atoms with E-state index in [0.29, 0.717) is 32.0 Å². The van der Waals surface area contributed by atoms with Crippen LogP contribution in [-0.4, -0.2) is 41.9 Å². The van der Waals surface area contributed by atoms with Gasteiger partial charge < -0.3 is 14.1 Å². The number of carbonyl (C=O) groups excluding carboxylic acids is 1. The van der Waals surface area contributed by atoms with E-state index in [-0.39, 0.29) is 17.1 Å². The molecule has 2 aromatic carbocycles. The Bertz CT molecular complexity index is 1220. The van der Waals surface area contributed by atoms with Gasteiger partial charge in [-0.2, -0.15) is 0 Å². The molecule has 1 aromatic heterocycles. The third-order valence-electron chi connectivity index (χ3n) is 6.40. The van der Waals surface area contributed by atoms with Gasteiger partial charge in [0.05, 0.1) is 6.54 Å². The molecule has 0 atom stereocenters. The van der Waals surface area contributed by atoms with E-state index >= 15 is 0 Å². The normalized spacial score (nSPS) is 14.3. The molecule has 2 heterocycles. The molecule has 0 radical (unpaired) electrons. The Balaban J connectivity index is 1.31. The number of piperazine rings is 1. The van der Waals surface area contributed by atoms with Crippen molar-refractivity contribution >= 4 is 5.91 Å². The molecule has 0 unspecified atom stereocenters. The zero-order valence-corrected chi connectivity index (χ0v) is 20.4. The van der Waals surface area contributed by atoms with Crippen LogP contribution >= 0.6 is 0 Å². The lowest BCUT2D eigenvalue weighted by atomic mass is 10.0. The molecule has 178 valence electrons. The monoisotopic (exact) mass is 460 g/mol. The summed E-state index contributed by atoms with van der Waals surface area (Å²) >= 11 is 0. The second kappa shape index (κ2) is 10.3. The minimum absolute atomic E-state index is 0.0812. The number of carbonyl (C=O) groups is 1. The van der Waals surface area contributed by atoms with Crippen molar-refractivity contribution in [2.45, 2.75) is 40.8 Å². The highest BCUT2D eigenvalue weighted by molar-refractivity contribution is 5.96. The summed E-state index contributed by atoms with van der Waals surface area (Å²) < 4.78 is 11.4. The topological polar surface area (TPSA) is 63.0 Å².